The molecule has 0 unspecified atom stereocenters. The molecule has 8 heavy (non-hydrogen) atoms. The van der Waals surface area contributed by atoms with Crippen LogP contribution in [0.3, 0.4) is 0 Å². The van der Waals surface area contributed by atoms with Crippen LogP contribution in [-0.4, -0.2) is 21.0 Å². The van der Waals surface area contributed by atoms with E-state index in [9.17, 15) is 0 Å². The van der Waals surface area contributed by atoms with Crippen molar-refractivity contribution in [2.75, 3.05) is 6.61 Å². The van der Waals surface area contributed by atoms with E-state index in [4.69, 9.17) is 14.0 Å². The molecule has 0 fully saturated rings. The molecule has 0 aromatic rings. The standard InChI is InChI=1S/C4H10O.O2Si/c1-2-3-4-5;1-3-2/h5H,2-4H2,1H3;. The van der Waals surface area contributed by atoms with Crippen LogP contribution in [0.1, 0.15) is 19.8 Å². The molecule has 4 heteroatoms. The van der Waals surface area contributed by atoms with Gasteiger partial charge < -0.3 is 5.11 Å². The lowest BCUT2D eigenvalue weighted by molar-refractivity contribution is 0.287. The molecule has 0 aliphatic rings. The fourth-order valence-corrected chi connectivity index (χ4v) is 0.158. The van der Waals surface area contributed by atoms with Crippen molar-refractivity contribution in [3.8, 4) is 0 Å². The van der Waals surface area contributed by atoms with Crippen LogP contribution >= 0.6 is 0 Å². The molecule has 0 aromatic heterocycles. The van der Waals surface area contributed by atoms with Crippen LogP contribution in [0, 0.1) is 0 Å². The third-order valence-electron chi connectivity index (χ3n) is 0.512. The normalized spacial score (nSPS) is 6.25. The summed E-state index contributed by atoms with van der Waals surface area (Å²) in [6, 6.07) is 0. The molecule has 0 aliphatic heterocycles. The van der Waals surface area contributed by atoms with Crippen molar-refractivity contribution in [3.63, 3.8) is 0 Å². The van der Waals surface area contributed by atoms with Crippen molar-refractivity contribution in [1.82, 2.24) is 0 Å². The molecule has 0 atom stereocenters. The number of unbranched alkanes of at least 4 members (excludes halogenated alkanes) is 1. The van der Waals surface area contributed by atoms with E-state index in [1.807, 2.05) is 0 Å². The third kappa shape index (κ3) is 41.8. The number of hydrogen-bond donors (Lipinski definition) is 1. The Bertz CT molecular complexity index is 56.3. The molecule has 0 bridgehead atoms. The monoisotopic (exact) mass is 134 g/mol. The molecule has 0 rings (SSSR count). The van der Waals surface area contributed by atoms with E-state index >= 15 is 0 Å². The van der Waals surface area contributed by atoms with Crippen molar-refractivity contribution in [2.45, 2.75) is 19.8 Å². The summed E-state index contributed by atoms with van der Waals surface area (Å²) in [6.07, 6.45) is 2.04. The van der Waals surface area contributed by atoms with Gasteiger partial charge in [-0.05, 0) is 6.42 Å². The van der Waals surface area contributed by atoms with Gasteiger partial charge >= 0.3 is 9.29 Å². The summed E-state index contributed by atoms with van der Waals surface area (Å²) in [5.74, 6) is 0. The summed E-state index contributed by atoms with van der Waals surface area (Å²) in [4.78, 5) is 0. The lowest BCUT2D eigenvalue weighted by Crippen LogP contribution is -1.75. The maximum absolute atomic E-state index is 8.40. The zero-order valence-electron chi connectivity index (χ0n) is 4.89. The molecular weight excluding hydrogens is 124 g/mol. The molecule has 0 radical (unpaired) electrons. The van der Waals surface area contributed by atoms with Crippen molar-refractivity contribution in [2.24, 2.45) is 0 Å². The first-order chi connectivity index (χ1) is 3.83. The molecule has 48 valence electrons. The van der Waals surface area contributed by atoms with Crippen LogP contribution in [0.2, 0.25) is 0 Å². The minimum atomic E-state index is -1.42. The highest BCUT2D eigenvalue weighted by Gasteiger charge is 1.69. The quantitative estimate of drug-likeness (QED) is 0.547. The van der Waals surface area contributed by atoms with Crippen LogP contribution < -0.4 is 0 Å². The summed E-state index contributed by atoms with van der Waals surface area (Å²) in [6.45, 7) is 2.40. The van der Waals surface area contributed by atoms with Gasteiger partial charge in [0, 0.05) is 6.61 Å². The van der Waals surface area contributed by atoms with Gasteiger partial charge in [-0.2, -0.15) is 0 Å². The predicted octanol–water partition coefficient (Wildman–Crippen LogP) is 0.160. The smallest absolute Gasteiger partial charge is 0.396 e. The molecule has 0 aromatic carbocycles. The van der Waals surface area contributed by atoms with Crippen molar-refractivity contribution < 1.29 is 14.0 Å². The second-order valence-corrected chi connectivity index (χ2v) is 1.33. The molecule has 0 spiro atoms. The topological polar surface area (TPSA) is 54.4 Å². The summed E-state index contributed by atoms with van der Waals surface area (Å²) in [7, 11) is -1.42. The van der Waals surface area contributed by atoms with Gasteiger partial charge in [0.2, 0.25) is 0 Å². The summed E-state index contributed by atoms with van der Waals surface area (Å²) < 4.78 is 16.8. The second-order valence-electron chi connectivity index (χ2n) is 1.16. The maximum Gasteiger partial charge on any atom is 0.549 e. The maximum atomic E-state index is 8.40. The van der Waals surface area contributed by atoms with E-state index in [0.29, 0.717) is 6.61 Å². The Morgan fingerprint density at radius 2 is 1.88 bits per heavy atom. The molecule has 0 amide bonds. The van der Waals surface area contributed by atoms with E-state index in [2.05, 4.69) is 6.92 Å². The van der Waals surface area contributed by atoms with E-state index < -0.39 is 9.29 Å². The van der Waals surface area contributed by atoms with Crippen LogP contribution in [0.4, 0.5) is 0 Å². The number of hydrogen-bond acceptors (Lipinski definition) is 3. The minimum Gasteiger partial charge on any atom is -0.396 e. The summed E-state index contributed by atoms with van der Waals surface area (Å²) in [5, 5.41) is 8.07. The first-order valence-corrected chi connectivity index (χ1v) is 3.25. The first kappa shape index (κ1) is 10.7. The van der Waals surface area contributed by atoms with E-state index in [1.165, 1.54) is 0 Å². The van der Waals surface area contributed by atoms with Gasteiger partial charge in [-0.1, -0.05) is 13.3 Å². The van der Waals surface area contributed by atoms with E-state index in [1.54, 1.807) is 0 Å². The van der Waals surface area contributed by atoms with Crippen LogP contribution in [-0.2, 0) is 8.92 Å². The highest BCUT2D eigenvalue weighted by molar-refractivity contribution is 5.94. The Hall–Kier alpha value is -0.223. The van der Waals surface area contributed by atoms with E-state index in [0.717, 1.165) is 12.8 Å². The predicted molar refractivity (Wildman–Crippen MR) is 29.1 cm³/mol. The molecule has 1 N–H and O–H groups in total. The Balaban J connectivity index is 0. The molecule has 0 heterocycles. The SMILES string of the molecule is CCCCO.O=[Si]=O. The third-order valence-corrected chi connectivity index (χ3v) is 0.512. The van der Waals surface area contributed by atoms with Crippen LogP contribution in [0.15, 0.2) is 0 Å². The summed E-state index contributed by atoms with van der Waals surface area (Å²) >= 11 is 0. The zero-order valence-corrected chi connectivity index (χ0v) is 5.89. The van der Waals surface area contributed by atoms with Gasteiger partial charge in [0.05, 0.1) is 0 Å². The Morgan fingerprint density at radius 3 is 1.88 bits per heavy atom. The first-order valence-electron chi connectivity index (χ1n) is 2.43. The van der Waals surface area contributed by atoms with Gasteiger partial charge in [-0.3, -0.25) is 8.92 Å². The second kappa shape index (κ2) is 15.9. The van der Waals surface area contributed by atoms with Crippen LogP contribution in [0.5, 0.6) is 0 Å². The Kier molecular flexibility index (Phi) is 21.2. The molecular formula is C4H10O3Si. The zero-order chi connectivity index (χ0) is 6.83. The van der Waals surface area contributed by atoms with Crippen molar-refractivity contribution in [1.29, 1.82) is 0 Å². The average Bonchev–Trinajstić information content (AvgIpc) is 1.71. The highest BCUT2D eigenvalue weighted by atomic mass is 28.2. The fourth-order valence-electron chi connectivity index (χ4n) is 0.158. The molecule has 0 saturated heterocycles. The van der Waals surface area contributed by atoms with Crippen LogP contribution in [0.25, 0.3) is 0 Å². The molecule has 0 saturated carbocycles. The Morgan fingerprint density at radius 1 is 1.50 bits per heavy atom. The van der Waals surface area contributed by atoms with Gasteiger partial charge in [-0.15, -0.1) is 0 Å². The number of rotatable bonds is 2. The number of aliphatic hydroxyl groups excluding tert-OH is 1. The van der Waals surface area contributed by atoms with Gasteiger partial charge in [0.15, 0.2) is 0 Å². The van der Waals surface area contributed by atoms with Gasteiger partial charge in [-0.25, -0.2) is 0 Å². The lowest BCUT2D eigenvalue weighted by atomic mass is 10.4. The fraction of sp³-hybridized carbons (Fsp3) is 1.00. The van der Waals surface area contributed by atoms with E-state index in [-0.39, 0.29) is 0 Å². The molecule has 0 aliphatic carbocycles. The Labute approximate surface area is 50.7 Å². The van der Waals surface area contributed by atoms with Crippen molar-refractivity contribution in [3.05, 3.63) is 0 Å². The van der Waals surface area contributed by atoms with Crippen molar-refractivity contribution >= 4 is 9.29 Å². The average molecular weight is 134 g/mol. The van der Waals surface area contributed by atoms with Gasteiger partial charge in [0.1, 0.15) is 0 Å². The minimum absolute atomic E-state index is 0.344. The largest absolute Gasteiger partial charge is 0.549 e. The lowest BCUT2D eigenvalue weighted by Gasteiger charge is -1.79. The highest BCUT2D eigenvalue weighted by Crippen LogP contribution is 1.78. The summed E-state index contributed by atoms with van der Waals surface area (Å²) in [5.41, 5.74) is 0. The number of aliphatic hydroxyl groups is 1. The molecule has 3 nitrogen and oxygen atoms in total. The van der Waals surface area contributed by atoms with Gasteiger partial charge in [0.25, 0.3) is 0 Å².